The molecule has 0 unspecified atom stereocenters. The van der Waals surface area contributed by atoms with Gasteiger partial charge in [0.05, 0.1) is 15.2 Å². The van der Waals surface area contributed by atoms with Crippen molar-refractivity contribution in [2.45, 2.75) is 45.1 Å². The van der Waals surface area contributed by atoms with Crippen LogP contribution < -0.4 is 10.2 Å². The van der Waals surface area contributed by atoms with Crippen LogP contribution in [-0.4, -0.2) is 26.1 Å². The third kappa shape index (κ3) is 4.82. The molecule has 10 heteroatoms. The number of nitrogens with zero attached hydrogens (tertiary/aromatic N) is 2. The number of nitro benzene ring substituents is 1. The van der Waals surface area contributed by atoms with E-state index >= 15 is 0 Å². The number of ether oxygens (including phenoxy) is 1. The first-order valence-corrected chi connectivity index (χ1v) is 14.1. The Morgan fingerprint density at radius 3 is 2.42 bits per heavy atom. The number of amides is 2. The molecule has 1 heterocycles. The Balaban J connectivity index is 1.11. The maximum atomic E-state index is 13.5. The monoisotopic (exact) mass is 549 g/mol. The molecule has 0 spiro atoms. The van der Waals surface area contributed by atoms with Crippen molar-refractivity contribution in [3.05, 3.63) is 74.7 Å². The minimum atomic E-state index is -0.439. The summed E-state index contributed by atoms with van der Waals surface area (Å²) in [6.45, 7) is 0.250. The predicted octanol–water partition coefficient (Wildman–Crippen LogP) is 5.62. The van der Waals surface area contributed by atoms with Crippen LogP contribution in [0.25, 0.3) is 6.08 Å². The fourth-order valence-corrected chi connectivity index (χ4v) is 8.08. The van der Waals surface area contributed by atoms with Crippen LogP contribution in [0.3, 0.4) is 0 Å². The molecule has 0 atom stereocenters. The van der Waals surface area contributed by atoms with Gasteiger partial charge in [-0.25, -0.2) is 0 Å². The van der Waals surface area contributed by atoms with Crippen molar-refractivity contribution in [3.8, 4) is 5.75 Å². The molecule has 4 aliphatic carbocycles. The van der Waals surface area contributed by atoms with E-state index in [-0.39, 0.29) is 29.5 Å². The highest BCUT2D eigenvalue weighted by molar-refractivity contribution is 8.26. The molecule has 38 heavy (non-hydrogen) atoms. The lowest BCUT2D eigenvalue weighted by atomic mass is 9.49. The molecule has 0 radical (unpaired) electrons. The van der Waals surface area contributed by atoms with Gasteiger partial charge in [0, 0.05) is 12.1 Å². The molecule has 1 aliphatic heterocycles. The molecular weight excluding hydrogens is 522 g/mol. The highest BCUT2D eigenvalue weighted by Gasteiger charge is 2.55. The van der Waals surface area contributed by atoms with Crippen LogP contribution in [0.15, 0.2) is 53.4 Å². The van der Waals surface area contributed by atoms with E-state index in [1.54, 1.807) is 24.3 Å². The third-order valence-corrected chi connectivity index (χ3v) is 9.54. The van der Waals surface area contributed by atoms with Gasteiger partial charge in [-0.3, -0.25) is 25.1 Å². The Bertz CT molecular complexity index is 1320. The predicted molar refractivity (Wildman–Crippen MR) is 148 cm³/mol. The van der Waals surface area contributed by atoms with Crippen molar-refractivity contribution in [1.82, 2.24) is 10.4 Å². The maximum absolute atomic E-state index is 13.5. The number of non-ortho nitro benzene ring substituents is 1. The van der Waals surface area contributed by atoms with E-state index in [4.69, 9.17) is 17.0 Å². The Morgan fingerprint density at radius 1 is 1.13 bits per heavy atom. The van der Waals surface area contributed by atoms with Crippen LogP contribution in [0, 0.1) is 33.3 Å². The van der Waals surface area contributed by atoms with E-state index in [2.05, 4.69) is 5.43 Å². The van der Waals surface area contributed by atoms with Crippen molar-refractivity contribution < 1.29 is 19.2 Å². The molecule has 2 aromatic rings. The fourth-order valence-electron chi connectivity index (χ4n) is 6.90. The second kappa shape index (κ2) is 9.81. The SMILES string of the molecule is O=C1/C(=C\c2cccc(OCc3ccc([N+](=O)[O-])cc3)c2)SC(=S)N1NC(=O)C12CC3CC(CC(C3)C1)C2. The van der Waals surface area contributed by atoms with Crippen molar-refractivity contribution in [1.29, 1.82) is 0 Å². The molecule has 2 aromatic carbocycles. The minimum Gasteiger partial charge on any atom is -0.489 e. The van der Waals surface area contributed by atoms with E-state index in [1.165, 1.54) is 48.2 Å². The maximum Gasteiger partial charge on any atom is 0.285 e. The first kappa shape index (κ1) is 25.1. The summed E-state index contributed by atoms with van der Waals surface area (Å²) in [6, 6.07) is 13.5. The largest absolute Gasteiger partial charge is 0.489 e. The molecule has 4 bridgehead atoms. The molecule has 7 rings (SSSR count). The summed E-state index contributed by atoms with van der Waals surface area (Å²) >= 11 is 6.64. The summed E-state index contributed by atoms with van der Waals surface area (Å²) in [5.41, 5.74) is 4.12. The number of rotatable bonds is 7. The molecule has 2 amide bonds. The zero-order valence-electron chi connectivity index (χ0n) is 20.6. The molecule has 0 aromatic heterocycles. The van der Waals surface area contributed by atoms with E-state index in [0.717, 1.165) is 30.4 Å². The Labute approximate surface area is 229 Å². The number of thiocarbonyl (C=S) groups is 1. The Hall–Kier alpha value is -3.24. The van der Waals surface area contributed by atoms with Gasteiger partial charge in [0.25, 0.3) is 11.6 Å². The van der Waals surface area contributed by atoms with Gasteiger partial charge in [-0.1, -0.05) is 23.9 Å². The van der Waals surface area contributed by atoms with Crippen LogP contribution in [0.5, 0.6) is 5.75 Å². The second-order valence-electron chi connectivity index (χ2n) is 10.9. The minimum absolute atomic E-state index is 0.0298. The van der Waals surface area contributed by atoms with Gasteiger partial charge in [0.15, 0.2) is 4.32 Å². The lowest BCUT2D eigenvalue weighted by Crippen LogP contribution is -2.57. The summed E-state index contributed by atoms with van der Waals surface area (Å²) in [5.74, 6) is 2.11. The molecule has 8 nitrogen and oxygen atoms in total. The van der Waals surface area contributed by atoms with Crippen molar-refractivity contribution in [2.24, 2.45) is 23.2 Å². The van der Waals surface area contributed by atoms with Crippen LogP contribution >= 0.6 is 24.0 Å². The summed E-state index contributed by atoms with van der Waals surface area (Å²) < 4.78 is 6.18. The van der Waals surface area contributed by atoms with E-state index < -0.39 is 4.92 Å². The summed E-state index contributed by atoms with van der Waals surface area (Å²) in [6.07, 6.45) is 8.23. The highest BCUT2D eigenvalue weighted by atomic mass is 32.2. The van der Waals surface area contributed by atoms with Crippen LogP contribution in [0.1, 0.15) is 49.7 Å². The van der Waals surface area contributed by atoms with E-state index in [0.29, 0.717) is 32.7 Å². The van der Waals surface area contributed by atoms with Crippen LogP contribution in [-0.2, 0) is 16.2 Å². The number of hydrogen-bond donors (Lipinski definition) is 1. The normalized spacial score (nSPS) is 28.7. The first-order chi connectivity index (χ1) is 18.3. The highest BCUT2D eigenvalue weighted by Crippen LogP contribution is 2.60. The summed E-state index contributed by atoms with van der Waals surface area (Å²) in [7, 11) is 0. The topological polar surface area (TPSA) is 102 Å². The molecule has 5 aliphatic rings. The van der Waals surface area contributed by atoms with Crippen molar-refractivity contribution >= 4 is 51.9 Å². The Morgan fingerprint density at radius 2 is 1.79 bits per heavy atom. The number of benzene rings is 2. The smallest absolute Gasteiger partial charge is 0.285 e. The number of carbonyl (C=O) groups is 2. The van der Waals surface area contributed by atoms with E-state index in [1.807, 2.05) is 18.2 Å². The van der Waals surface area contributed by atoms with Gasteiger partial charge in [-0.2, -0.15) is 5.01 Å². The van der Waals surface area contributed by atoms with Gasteiger partial charge in [-0.15, -0.1) is 0 Å². The first-order valence-electron chi connectivity index (χ1n) is 12.8. The van der Waals surface area contributed by atoms with Gasteiger partial charge >= 0.3 is 0 Å². The molecule has 4 saturated carbocycles. The molecule has 196 valence electrons. The lowest BCUT2D eigenvalue weighted by molar-refractivity contribution is -0.384. The molecule has 5 fully saturated rings. The van der Waals surface area contributed by atoms with Gasteiger partial charge in [-0.05, 0) is 110 Å². The van der Waals surface area contributed by atoms with Crippen molar-refractivity contribution in [2.75, 3.05) is 0 Å². The van der Waals surface area contributed by atoms with Crippen molar-refractivity contribution in [3.63, 3.8) is 0 Å². The number of carbonyl (C=O) groups excluding carboxylic acids is 2. The molecule has 1 saturated heterocycles. The quantitative estimate of drug-likeness (QED) is 0.207. The second-order valence-corrected chi connectivity index (χ2v) is 12.6. The van der Waals surface area contributed by atoms with Gasteiger partial charge < -0.3 is 4.74 Å². The third-order valence-electron chi connectivity index (χ3n) is 8.24. The number of nitrogens with one attached hydrogen (secondary N) is 1. The van der Waals surface area contributed by atoms with Gasteiger partial charge in [0.2, 0.25) is 5.91 Å². The lowest BCUT2D eigenvalue weighted by Gasteiger charge is -2.55. The van der Waals surface area contributed by atoms with Crippen LogP contribution in [0.4, 0.5) is 5.69 Å². The Kier molecular flexibility index (Phi) is 6.47. The molecular formula is C28H27N3O5S2. The molecule has 1 N–H and O–H groups in total. The number of nitro groups is 1. The average Bonchev–Trinajstić information content (AvgIpc) is 3.14. The van der Waals surface area contributed by atoms with Crippen LogP contribution in [0.2, 0.25) is 0 Å². The fraction of sp³-hybridized carbons (Fsp3) is 0.393. The number of hydrogen-bond acceptors (Lipinski definition) is 7. The van der Waals surface area contributed by atoms with E-state index in [9.17, 15) is 19.7 Å². The van der Waals surface area contributed by atoms with Gasteiger partial charge in [0.1, 0.15) is 12.4 Å². The standard InChI is InChI=1S/C28H27N3O5S2/c32-25-24(12-18-2-1-3-23(11-18)36-16-17-4-6-22(7-5-17)31(34)35)38-27(37)30(25)29-26(33)28-13-19-8-20(14-28)10-21(9-19)15-28/h1-7,11-12,19-21H,8-10,13-16H2,(H,29,33)/b24-12+. The zero-order valence-corrected chi connectivity index (χ0v) is 22.3. The number of hydrazine groups is 1. The average molecular weight is 550 g/mol. The number of thioether (sulfide) groups is 1. The summed E-state index contributed by atoms with van der Waals surface area (Å²) in [5, 5.41) is 12.1. The zero-order chi connectivity index (χ0) is 26.4. The summed E-state index contributed by atoms with van der Waals surface area (Å²) in [4.78, 5) is 37.5.